The van der Waals surface area contributed by atoms with Crippen molar-refractivity contribution in [1.82, 2.24) is 15.6 Å². The Morgan fingerprint density at radius 2 is 1.61 bits per heavy atom. The molecule has 1 aliphatic rings. The van der Waals surface area contributed by atoms with Crippen LogP contribution >= 0.6 is 11.6 Å². The van der Waals surface area contributed by atoms with Crippen LogP contribution in [-0.2, 0) is 18.1 Å². The van der Waals surface area contributed by atoms with E-state index in [0.717, 1.165) is 37.8 Å². The topological polar surface area (TPSA) is 54.0 Å². The summed E-state index contributed by atoms with van der Waals surface area (Å²) >= 11 is 6.00. The fourth-order valence-electron chi connectivity index (χ4n) is 4.54. The van der Waals surface area contributed by atoms with Gasteiger partial charge in [0.05, 0.1) is 16.3 Å². The molecule has 3 aromatic rings. The molecule has 4 rings (SSSR count). The number of pyridine rings is 1. The van der Waals surface area contributed by atoms with E-state index in [0.29, 0.717) is 11.6 Å². The van der Waals surface area contributed by atoms with Crippen LogP contribution in [0.15, 0.2) is 60.8 Å². The Kier molecular flexibility index (Phi) is 7.49. The molecule has 2 amide bonds. The third kappa shape index (κ3) is 5.95. The molecule has 1 aliphatic carbocycles. The number of hydrogen-bond donors (Lipinski definition) is 2. The van der Waals surface area contributed by atoms with Gasteiger partial charge in [0, 0.05) is 18.7 Å². The maximum absolute atomic E-state index is 14.6. The van der Waals surface area contributed by atoms with Crippen LogP contribution in [0.1, 0.15) is 48.1 Å². The smallest absolute Gasteiger partial charge is 0.335 e. The zero-order chi connectivity index (χ0) is 25.9. The van der Waals surface area contributed by atoms with Crippen LogP contribution in [0.2, 0.25) is 5.02 Å². The van der Waals surface area contributed by atoms with Crippen LogP contribution in [0.4, 0.5) is 26.7 Å². The molecule has 1 heterocycles. The molecule has 0 aliphatic heterocycles. The molecule has 1 saturated carbocycles. The second kappa shape index (κ2) is 10.4. The zero-order valence-electron chi connectivity index (χ0n) is 19.0. The fraction of sp³-hybridized carbons (Fsp3) is 0.308. The van der Waals surface area contributed by atoms with Gasteiger partial charge in [0.1, 0.15) is 17.2 Å². The molecule has 0 saturated heterocycles. The van der Waals surface area contributed by atoms with Crippen molar-refractivity contribution >= 4 is 17.6 Å². The van der Waals surface area contributed by atoms with E-state index in [1.165, 1.54) is 42.6 Å². The van der Waals surface area contributed by atoms with E-state index in [2.05, 4.69) is 15.6 Å². The van der Waals surface area contributed by atoms with Gasteiger partial charge in [-0.3, -0.25) is 4.98 Å². The van der Waals surface area contributed by atoms with Crippen molar-refractivity contribution in [2.45, 2.75) is 49.9 Å². The second-order valence-electron chi connectivity index (χ2n) is 8.88. The summed E-state index contributed by atoms with van der Waals surface area (Å²) in [5, 5.41) is 5.92. The Labute approximate surface area is 209 Å². The lowest BCUT2D eigenvalue weighted by Gasteiger charge is -2.36. The maximum Gasteiger partial charge on any atom is 0.416 e. The number of aromatic nitrogens is 1. The number of nitrogens with one attached hydrogen (secondary N) is 2. The van der Waals surface area contributed by atoms with E-state index in [1.54, 1.807) is 0 Å². The number of benzene rings is 2. The van der Waals surface area contributed by atoms with Crippen molar-refractivity contribution in [1.29, 1.82) is 0 Å². The van der Waals surface area contributed by atoms with Crippen LogP contribution in [0.5, 0.6) is 0 Å². The molecule has 2 aromatic carbocycles. The highest BCUT2D eigenvalue weighted by molar-refractivity contribution is 6.30. The Morgan fingerprint density at radius 3 is 2.22 bits per heavy atom. The Bertz CT molecular complexity index is 1210. The first-order valence-electron chi connectivity index (χ1n) is 11.4. The van der Waals surface area contributed by atoms with Crippen LogP contribution < -0.4 is 10.6 Å². The van der Waals surface area contributed by atoms with Gasteiger partial charge in [0.15, 0.2) is 0 Å². The van der Waals surface area contributed by atoms with Gasteiger partial charge >= 0.3 is 12.2 Å². The lowest BCUT2D eigenvalue weighted by molar-refractivity contribution is -0.137. The first-order chi connectivity index (χ1) is 17.0. The highest BCUT2D eigenvalue weighted by Crippen LogP contribution is 2.38. The first kappa shape index (κ1) is 25.9. The molecular weight excluding hydrogens is 501 g/mol. The molecule has 1 atom stereocenters. The summed E-state index contributed by atoms with van der Waals surface area (Å²) in [4.78, 5) is 17.5. The number of rotatable bonds is 6. The summed E-state index contributed by atoms with van der Waals surface area (Å²) in [5.41, 5.74) is -2.51. The average Bonchev–Trinajstić information content (AvgIpc) is 3.32. The summed E-state index contributed by atoms with van der Waals surface area (Å²) in [7, 11) is 0. The largest absolute Gasteiger partial charge is 0.416 e. The predicted octanol–water partition coefficient (Wildman–Crippen LogP) is 6.76. The van der Waals surface area contributed by atoms with Crippen LogP contribution in [0.25, 0.3) is 0 Å². The number of carbonyl (C=O) groups is 1. The molecule has 1 fully saturated rings. The van der Waals surface area contributed by atoms with Gasteiger partial charge in [-0.15, -0.1) is 0 Å². The Morgan fingerprint density at radius 1 is 0.944 bits per heavy atom. The monoisotopic (exact) mass is 523 g/mol. The first-order valence-corrected chi connectivity index (χ1v) is 11.8. The fourth-order valence-corrected chi connectivity index (χ4v) is 4.65. The molecule has 1 unspecified atom stereocenters. The number of urea groups is 1. The maximum atomic E-state index is 14.6. The lowest BCUT2D eigenvalue weighted by Crippen LogP contribution is -2.54. The van der Waals surface area contributed by atoms with E-state index in [4.69, 9.17) is 11.6 Å². The van der Waals surface area contributed by atoms with Gasteiger partial charge in [0.2, 0.25) is 0 Å². The number of amides is 2. The molecule has 1 aromatic heterocycles. The van der Waals surface area contributed by atoms with Gasteiger partial charge in [-0.2, -0.15) is 13.2 Å². The molecule has 4 nitrogen and oxygen atoms in total. The van der Waals surface area contributed by atoms with Gasteiger partial charge in [-0.25, -0.2) is 13.6 Å². The quantitative estimate of drug-likeness (QED) is 0.351. The van der Waals surface area contributed by atoms with Crippen molar-refractivity contribution in [3.63, 3.8) is 0 Å². The number of halogens is 6. The molecular formula is C26H23ClF5N3O. The molecule has 0 radical (unpaired) electrons. The minimum absolute atomic E-state index is 0.0926. The van der Waals surface area contributed by atoms with Crippen molar-refractivity contribution < 1.29 is 26.7 Å². The third-order valence-corrected chi connectivity index (χ3v) is 6.51. The number of nitrogens with zero attached hydrogens (tertiary/aromatic N) is 1. The van der Waals surface area contributed by atoms with Gasteiger partial charge in [0.25, 0.3) is 0 Å². The van der Waals surface area contributed by atoms with E-state index >= 15 is 0 Å². The van der Waals surface area contributed by atoms with Gasteiger partial charge in [-0.05, 0) is 66.4 Å². The summed E-state index contributed by atoms with van der Waals surface area (Å²) in [6.45, 7) is 0. The highest BCUT2D eigenvalue weighted by atomic mass is 35.5. The normalized spacial score (nSPS) is 15.9. The summed E-state index contributed by atoms with van der Waals surface area (Å²) in [6, 6.07) is 9.60. The predicted molar refractivity (Wildman–Crippen MR) is 125 cm³/mol. The summed E-state index contributed by atoms with van der Waals surface area (Å²) < 4.78 is 69.2. The van der Waals surface area contributed by atoms with Gasteiger partial charge < -0.3 is 10.6 Å². The highest BCUT2D eigenvalue weighted by Gasteiger charge is 2.41. The van der Waals surface area contributed by atoms with Crippen LogP contribution in [0.3, 0.4) is 0 Å². The zero-order valence-corrected chi connectivity index (χ0v) is 19.8. The Hall–Kier alpha value is -3.20. The van der Waals surface area contributed by atoms with E-state index in [9.17, 15) is 26.7 Å². The molecule has 10 heteroatoms. The molecule has 190 valence electrons. The van der Waals surface area contributed by atoms with Gasteiger partial charge in [-0.1, -0.05) is 36.6 Å². The molecule has 0 spiro atoms. The van der Waals surface area contributed by atoms with Crippen molar-refractivity contribution in [3.05, 3.63) is 99.8 Å². The second-order valence-corrected chi connectivity index (χ2v) is 9.31. The van der Waals surface area contributed by atoms with Crippen molar-refractivity contribution in [2.75, 3.05) is 0 Å². The third-order valence-electron chi connectivity index (χ3n) is 6.28. The van der Waals surface area contributed by atoms with Crippen molar-refractivity contribution in [2.24, 2.45) is 0 Å². The standard InChI is InChI=1S/C26H23ClF5N3O/c27-19-7-10-23(33-15-19)25(14-16-5-8-20(28)9-6-16,35-24(36)34-22-3-1-2-4-22)17-11-18(26(30,31)32)13-21(29)12-17/h5-13,15,22H,1-4,14H2,(H2,34,35,36). The number of carbonyl (C=O) groups excluding carboxylic acids is 1. The lowest BCUT2D eigenvalue weighted by atomic mass is 9.79. The number of hydrogen-bond acceptors (Lipinski definition) is 2. The average molecular weight is 524 g/mol. The Balaban J connectivity index is 1.89. The van der Waals surface area contributed by atoms with Crippen molar-refractivity contribution in [3.8, 4) is 0 Å². The van der Waals surface area contributed by atoms with E-state index in [1.807, 2.05) is 0 Å². The van der Waals surface area contributed by atoms with Crippen LogP contribution in [0, 0.1) is 11.6 Å². The summed E-state index contributed by atoms with van der Waals surface area (Å²) in [6.07, 6.45) is -0.242. The SMILES string of the molecule is O=C(NC1CCCC1)NC(Cc1ccc(F)cc1)(c1cc(F)cc(C(F)(F)F)c1)c1ccc(Cl)cn1. The van der Waals surface area contributed by atoms with Crippen LogP contribution in [-0.4, -0.2) is 17.1 Å². The summed E-state index contributed by atoms with van der Waals surface area (Å²) in [5.74, 6) is -1.64. The molecule has 2 N–H and O–H groups in total. The van der Waals surface area contributed by atoms with E-state index < -0.39 is 34.9 Å². The minimum atomic E-state index is -4.84. The number of alkyl halides is 3. The van der Waals surface area contributed by atoms with E-state index in [-0.39, 0.29) is 28.7 Å². The molecule has 36 heavy (non-hydrogen) atoms. The minimum Gasteiger partial charge on any atom is -0.335 e. The molecule has 0 bridgehead atoms.